The molecule has 1 unspecified atom stereocenters. The second kappa shape index (κ2) is 9.93. The van der Waals surface area contributed by atoms with Crippen molar-refractivity contribution in [2.45, 2.75) is 45.6 Å². The summed E-state index contributed by atoms with van der Waals surface area (Å²) in [4.78, 5) is 11.3. The van der Waals surface area contributed by atoms with E-state index >= 15 is 0 Å². The second-order valence-corrected chi connectivity index (χ2v) is 3.70. The summed E-state index contributed by atoms with van der Waals surface area (Å²) in [5.41, 5.74) is 0. The van der Waals surface area contributed by atoms with Crippen LogP contribution in [0.1, 0.15) is 39.5 Å². The smallest absolute Gasteiger partial charge is 0.222 e. The average Bonchev–Trinajstić information content (AvgIpc) is 2.21. The van der Waals surface area contributed by atoms with E-state index < -0.39 is 0 Å². The summed E-state index contributed by atoms with van der Waals surface area (Å²) in [5, 5.41) is 11.5. The number of hydrogen-bond acceptors (Lipinski definition) is 3. The highest BCUT2D eigenvalue weighted by atomic mass is 16.5. The van der Waals surface area contributed by atoms with Crippen LogP contribution in [0.3, 0.4) is 0 Å². The SMILES string of the molecule is CCCOCCC(=O)NC(C)CCCO. The first-order valence-corrected chi connectivity index (χ1v) is 5.68. The molecular formula is C11H23NO3. The van der Waals surface area contributed by atoms with E-state index in [1.165, 1.54) is 0 Å². The molecule has 0 aliphatic rings. The van der Waals surface area contributed by atoms with E-state index in [0.29, 0.717) is 19.6 Å². The normalized spacial score (nSPS) is 12.5. The molecule has 0 bridgehead atoms. The number of amides is 1. The van der Waals surface area contributed by atoms with Gasteiger partial charge in [0, 0.05) is 25.7 Å². The quantitative estimate of drug-likeness (QED) is 0.568. The predicted molar refractivity (Wildman–Crippen MR) is 59.7 cm³/mol. The highest BCUT2D eigenvalue weighted by Gasteiger charge is 2.06. The lowest BCUT2D eigenvalue weighted by atomic mass is 10.2. The minimum Gasteiger partial charge on any atom is -0.396 e. The number of ether oxygens (including phenoxy) is 1. The summed E-state index contributed by atoms with van der Waals surface area (Å²) < 4.78 is 5.22. The van der Waals surface area contributed by atoms with Crippen molar-refractivity contribution in [3.63, 3.8) is 0 Å². The van der Waals surface area contributed by atoms with Crippen molar-refractivity contribution in [3.8, 4) is 0 Å². The molecule has 0 aliphatic carbocycles. The van der Waals surface area contributed by atoms with Gasteiger partial charge < -0.3 is 15.2 Å². The van der Waals surface area contributed by atoms with Crippen LogP contribution < -0.4 is 5.32 Å². The first-order valence-electron chi connectivity index (χ1n) is 5.68. The van der Waals surface area contributed by atoms with Gasteiger partial charge in [-0.2, -0.15) is 0 Å². The molecule has 0 rings (SSSR count). The number of hydrogen-bond donors (Lipinski definition) is 2. The second-order valence-electron chi connectivity index (χ2n) is 3.70. The van der Waals surface area contributed by atoms with Gasteiger partial charge in [0.1, 0.15) is 0 Å². The number of rotatable bonds is 9. The largest absolute Gasteiger partial charge is 0.396 e. The fraction of sp³-hybridized carbons (Fsp3) is 0.909. The Morgan fingerprint density at radius 1 is 1.47 bits per heavy atom. The van der Waals surface area contributed by atoms with Crippen LogP contribution in [-0.4, -0.2) is 36.9 Å². The minimum absolute atomic E-state index is 0.0246. The van der Waals surface area contributed by atoms with E-state index in [-0.39, 0.29) is 18.6 Å². The van der Waals surface area contributed by atoms with Gasteiger partial charge >= 0.3 is 0 Å². The maximum absolute atomic E-state index is 11.3. The zero-order chi connectivity index (χ0) is 11.5. The molecule has 0 aromatic rings. The van der Waals surface area contributed by atoms with Crippen molar-refractivity contribution in [3.05, 3.63) is 0 Å². The molecule has 0 saturated heterocycles. The van der Waals surface area contributed by atoms with Crippen LogP contribution in [-0.2, 0) is 9.53 Å². The molecule has 0 saturated carbocycles. The summed E-state index contributed by atoms with van der Waals surface area (Å²) in [6.45, 7) is 5.37. The minimum atomic E-state index is 0.0246. The Bertz CT molecular complexity index is 162. The Morgan fingerprint density at radius 3 is 2.80 bits per heavy atom. The third-order valence-electron chi connectivity index (χ3n) is 2.02. The number of aliphatic hydroxyl groups is 1. The first-order chi connectivity index (χ1) is 7.20. The van der Waals surface area contributed by atoms with Crippen LogP contribution >= 0.6 is 0 Å². The lowest BCUT2D eigenvalue weighted by Crippen LogP contribution is -2.33. The van der Waals surface area contributed by atoms with E-state index in [0.717, 1.165) is 19.3 Å². The molecule has 0 aromatic carbocycles. The van der Waals surface area contributed by atoms with E-state index in [4.69, 9.17) is 9.84 Å². The van der Waals surface area contributed by atoms with Gasteiger partial charge in [-0.1, -0.05) is 6.92 Å². The summed E-state index contributed by atoms with van der Waals surface area (Å²) in [5.74, 6) is 0.0246. The van der Waals surface area contributed by atoms with Gasteiger partial charge in [0.2, 0.25) is 5.91 Å². The maximum Gasteiger partial charge on any atom is 0.222 e. The Balaban J connectivity index is 3.38. The molecule has 4 nitrogen and oxygen atoms in total. The van der Waals surface area contributed by atoms with E-state index in [1.54, 1.807) is 0 Å². The van der Waals surface area contributed by atoms with Gasteiger partial charge in [-0.3, -0.25) is 4.79 Å². The highest BCUT2D eigenvalue weighted by molar-refractivity contribution is 5.76. The summed E-state index contributed by atoms with van der Waals surface area (Å²) in [6.07, 6.45) is 2.95. The van der Waals surface area contributed by atoms with Gasteiger partial charge in [-0.05, 0) is 26.2 Å². The highest BCUT2D eigenvalue weighted by Crippen LogP contribution is 1.96. The Kier molecular flexibility index (Phi) is 9.52. The molecule has 2 N–H and O–H groups in total. The average molecular weight is 217 g/mol. The molecule has 0 aliphatic heterocycles. The van der Waals surface area contributed by atoms with Crippen molar-refractivity contribution in [1.29, 1.82) is 0 Å². The lowest BCUT2D eigenvalue weighted by molar-refractivity contribution is -0.122. The topological polar surface area (TPSA) is 58.6 Å². The lowest BCUT2D eigenvalue weighted by Gasteiger charge is -2.12. The van der Waals surface area contributed by atoms with Crippen molar-refractivity contribution in [2.24, 2.45) is 0 Å². The van der Waals surface area contributed by atoms with E-state index in [9.17, 15) is 4.79 Å². The summed E-state index contributed by atoms with van der Waals surface area (Å²) >= 11 is 0. The fourth-order valence-corrected chi connectivity index (χ4v) is 1.23. The van der Waals surface area contributed by atoms with E-state index in [1.807, 2.05) is 13.8 Å². The molecule has 15 heavy (non-hydrogen) atoms. The van der Waals surface area contributed by atoms with Crippen LogP contribution in [0.5, 0.6) is 0 Å². The Morgan fingerprint density at radius 2 is 2.20 bits per heavy atom. The van der Waals surface area contributed by atoms with Crippen LogP contribution in [0, 0.1) is 0 Å². The van der Waals surface area contributed by atoms with E-state index in [2.05, 4.69) is 5.32 Å². The molecule has 4 heteroatoms. The molecule has 1 atom stereocenters. The zero-order valence-corrected chi connectivity index (χ0v) is 9.79. The zero-order valence-electron chi connectivity index (χ0n) is 9.79. The number of nitrogens with one attached hydrogen (secondary N) is 1. The van der Waals surface area contributed by atoms with Gasteiger partial charge in [0.15, 0.2) is 0 Å². The van der Waals surface area contributed by atoms with Crippen LogP contribution in [0.15, 0.2) is 0 Å². The van der Waals surface area contributed by atoms with Crippen molar-refractivity contribution in [1.82, 2.24) is 5.32 Å². The van der Waals surface area contributed by atoms with Gasteiger partial charge in [-0.25, -0.2) is 0 Å². The van der Waals surface area contributed by atoms with Crippen LogP contribution in [0.2, 0.25) is 0 Å². The third-order valence-corrected chi connectivity index (χ3v) is 2.02. The molecule has 0 aromatic heterocycles. The standard InChI is InChI=1S/C11H23NO3/c1-3-8-15-9-6-11(14)12-10(2)5-4-7-13/h10,13H,3-9H2,1-2H3,(H,12,14). The molecule has 0 radical (unpaired) electrons. The van der Waals surface area contributed by atoms with Crippen LogP contribution in [0.25, 0.3) is 0 Å². The maximum atomic E-state index is 11.3. The van der Waals surface area contributed by atoms with Crippen molar-refractivity contribution in [2.75, 3.05) is 19.8 Å². The van der Waals surface area contributed by atoms with Gasteiger partial charge in [0.25, 0.3) is 0 Å². The third kappa shape index (κ3) is 9.69. The molecule has 0 spiro atoms. The van der Waals surface area contributed by atoms with Crippen molar-refractivity contribution >= 4 is 5.91 Å². The predicted octanol–water partition coefficient (Wildman–Crippen LogP) is 1.08. The van der Waals surface area contributed by atoms with Crippen LogP contribution in [0.4, 0.5) is 0 Å². The summed E-state index contributed by atoms with van der Waals surface area (Å²) in [7, 11) is 0. The number of carbonyl (C=O) groups is 1. The summed E-state index contributed by atoms with van der Waals surface area (Å²) in [6, 6.07) is 0.135. The first kappa shape index (κ1) is 14.4. The number of carbonyl (C=O) groups excluding carboxylic acids is 1. The van der Waals surface area contributed by atoms with Crippen molar-refractivity contribution < 1.29 is 14.6 Å². The Labute approximate surface area is 92.0 Å². The van der Waals surface area contributed by atoms with Gasteiger partial charge in [-0.15, -0.1) is 0 Å². The Hall–Kier alpha value is -0.610. The molecule has 0 fully saturated rings. The monoisotopic (exact) mass is 217 g/mol. The molecule has 90 valence electrons. The van der Waals surface area contributed by atoms with Gasteiger partial charge in [0.05, 0.1) is 6.61 Å². The number of aliphatic hydroxyl groups excluding tert-OH is 1. The molecule has 0 heterocycles. The molecule has 1 amide bonds. The fourth-order valence-electron chi connectivity index (χ4n) is 1.23. The molecular weight excluding hydrogens is 194 g/mol.